The Labute approximate surface area is 627 Å². The van der Waals surface area contributed by atoms with E-state index in [1.807, 2.05) is 158 Å². The van der Waals surface area contributed by atoms with E-state index in [-0.39, 0.29) is 29.2 Å². The summed E-state index contributed by atoms with van der Waals surface area (Å²) >= 11 is 6.05. The van der Waals surface area contributed by atoms with Crippen molar-refractivity contribution < 1.29 is 9.31 Å². The first kappa shape index (κ1) is 68.1. The van der Waals surface area contributed by atoms with Gasteiger partial charge in [-0.2, -0.15) is 0 Å². The number of fused-ring (bicyclic) bond motifs is 10. The molecule has 1 saturated heterocycles. The van der Waals surface area contributed by atoms with Gasteiger partial charge in [0.2, 0.25) is 0 Å². The third-order valence-corrected chi connectivity index (χ3v) is 23.1. The van der Waals surface area contributed by atoms with E-state index < -0.39 is 0 Å². The largest absolute Gasteiger partial charge is 0.495 e. The molecule has 5 aliphatic rings. The molecular formula is C96H82BClN6O2. The van der Waals surface area contributed by atoms with Crippen molar-refractivity contribution in [3.05, 3.63) is 331 Å². The predicted octanol–water partition coefficient (Wildman–Crippen LogP) is 23.8. The molecular weight excluding hydrogens is 1320 g/mol. The Hall–Kier alpha value is -11.1. The number of halogens is 1. The SMILES string of the molecule is CC1(C)OB(c2cccc3c2C2(CCCCC2)c2ccccc2-3)OC1(C)C.Clc1ccc(-c2cccc(-c3nc(-c4ccccc4)nc(-c4ccccc4)n3)c2)cc1.c1ccc(-c2nc(-c3ccccc3)nc(-c3cccc(-c4ccc(-c5cccc6c5C5(CCCCC5)c5ccccc5-6)cc4)c3)n2)cc1. The van der Waals surface area contributed by atoms with Gasteiger partial charge in [-0.05, 0) is 161 Å². The van der Waals surface area contributed by atoms with E-state index >= 15 is 0 Å². The Morgan fingerprint density at radius 3 is 0.991 bits per heavy atom. The molecule has 8 nitrogen and oxygen atoms in total. The molecule has 0 unspecified atom stereocenters. The summed E-state index contributed by atoms with van der Waals surface area (Å²) in [5.41, 5.74) is 25.4. The first-order valence-electron chi connectivity index (χ1n) is 37.5. The molecule has 14 aromatic rings. The fourth-order valence-corrected chi connectivity index (χ4v) is 17.1. The molecule has 2 aromatic heterocycles. The Morgan fingerprint density at radius 2 is 0.566 bits per heavy atom. The number of nitrogens with zero attached hydrogens (tertiary/aromatic N) is 6. The maximum atomic E-state index is 6.49. The molecule has 0 amide bonds. The topological polar surface area (TPSA) is 95.8 Å². The number of aromatic nitrogens is 6. The molecule has 12 aromatic carbocycles. The second kappa shape index (κ2) is 28.8. The van der Waals surface area contributed by atoms with Crippen LogP contribution in [0.4, 0.5) is 0 Å². The lowest BCUT2D eigenvalue weighted by Crippen LogP contribution is -2.42. The van der Waals surface area contributed by atoms with Crippen molar-refractivity contribution in [3.8, 4) is 124 Å². The van der Waals surface area contributed by atoms with E-state index in [0.29, 0.717) is 34.9 Å². The van der Waals surface area contributed by atoms with Gasteiger partial charge in [0.1, 0.15) is 0 Å². The minimum absolute atomic E-state index is 0.121. The molecule has 0 bridgehead atoms. The minimum Gasteiger partial charge on any atom is -0.399 e. The molecule has 0 atom stereocenters. The zero-order valence-corrected chi connectivity index (χ0v) is 61.1. The first-order valence-corrected chi connectivity index (χ1v) is 37.9. The van der Waals surface area contributed by atoms with E-state index in [1.54, 1.807) is 5.56 Å². The van der Waals surface area contributed by atoms with Gasteiger partial charge in [-0.3, -0.25) is 0 Å². The van der Waals surface area contributed by atoms with Gasteiger partial charge in [0.15, 0.2) is 34.9 Å². The molecule has 3 fully saturated rings. The van der Waals surface area contributed by atoms with Crippen LogP contribution in [0.15, 0.2) is 303 Å². The van der Waals surface area contributed by atoms with Crippen molar-refractivity contribution in [2.24, 2.45) is 0 Å². The van der Waals surface area contributed by atoms with Gasteiger partial charge in [0, 0.05) is 49.2 Å². The lowest BCUT2D eigenvalue weighted by atomic mass is 9.62. The fraction of sp³-hybridized carbons (Fsp3) is 0.188. The highest BCUT2D eigenvalue weighted by atomic mass is 35.5. The van der Waals surface area contributed by atoms with Gasteiger partial charge in [-0.15, -0.1) is 0 Å². The molecule has 0 radical (unpaired) electrons. The van der Waals surface area contributed by atoms with Crippen LogP contribution in [-0.2, 0) is 20.1 Å². The van der Waals surface area contributed by atoms with Gasteiger partial charge in [-0.1, -0.05) is 329 Å². The Kier molecular flexibility index (Phi) is 18.5. The highest BCUT2D eigenvalue weighted by Crippen LogP contribution is 2.59. The van der Waals surface area contributed by atoms with E-state index in [2.05, 4.69) is 173 Å². The summed E-state index contributed by atoms with van der Waals surface area (Å²) in [6.07, 6.45) is 12.8. The van der Waals surface area contributed by atoms with Crippen molar-refractivity contribution in [1.29, 1.82) is 0 Å². The van der Waals surface area contributed by atoms with E-state index in [9.17, 15) is 0 Å². The predicted molar refractivity (Wildman–Crippen MR) is 434 cm³/mol. The van der Waals surface area contributed by atoms with Crippen LogP contribution in [-0.4, -0.2) is 48.2 Å². The maximum absolute atomic E-state index is 6.49. The summed E-state index contributed by atoms with van der Waals surface area (Å²) < 4.78 is 13.0. The molecule has 19 rings (SSSR count). The summed E-state index contributed by atoms with van der Waals surface area (Å²) in [7, 11) is -0.293. The summed E-state index contributed by atoms with van der Waals surface area (Å²) in [6, 6.07) is 106. The summed E-state index contributed by atoms with van der Waals surface area (Å²) in [4.78, 5) is 29.1. The third kappa shape index (κ3) is 13.0. The number of rotatable bonds is 10. The lowest BCUT2D eigenvalue weighted by Gasteiger charge is -2.37. The van der Waals surface area contributed by atoms with Gasteiger partial charge in [-0.25, -0.2) is 29.9 Å². The summed E-state index contributed by atoms with van der Waals surface area (Å²) in [5, 5.41) is 0.720. The molecule has 3 heterocycles. The average molecular weight is 1400 g/mol. The van der Waals surface area contributed by atoms with Crippen LogP contribution in [0.3, 0.4) is 0 Å². The van der Waals surface area contributed by atoms with Crippen LogP contribution < -0.4 is 5.46 Å². The van der Waals surface area contributed by atoms with Gasteiger partial charge < -0.3 is 9.31 Å². The number of hydrogen-bond donors (Lipinski definition) is 0. The number of hydrogen-bond acceptors (Lipinski definition) is 8. The average Bonchev–Trinajstić information content (AvgIpc) is 1.56. The van der Waals surface area contributed by atoms with Gasteiger partial charge in [0.05, 0.1) is 11.2 Å². The molecule has 0 N–H and O–H groups in total. The Morgan fingerprint density at radius 1 is 0.264 bits per heavy atom. The van der Waals surface area contributed by atoms with Crippen LogP contribution in [0.25, 0.3) is 124 Å². The molecule has 518 valence electrons. The number of benzene rings is 12. The minimum atomic E-state index is -0.314. The molecule has 4 aliphatic carbocycles. The molecule has 106 heavy (non-hydrogen) atoms. The molecule has 2 spiro atoms. The summed E-state index contributed by atoms with van der Waals surface area (Å²) in [6.45, 7) is 8.56. The van der Waals surface area contributed by atoms with Crippen LogP contribution in [0.5, 0.6) is 0 Å². The van der Waals surface area contributed by atoms with Crippen LogP contribution in [0.2, 0.25) is 5.02 Å². The van der Waals surface area contributed by atoms with Crippen LogP contribution in [0.1, 0.15) is 114 Å². The Balaban J connectivity index is 0.000000124. The Bertz CT molecular complexity index is 5380. The van der Waals surface area contributed by atoms with Crippen molar-refractivity contribution >= 4 is 24.2 Å². The third-order valence-electron chi connectivity index (χ3n) is 22.9. The molecule has 10 heteroatoms. The van der Waals surface area contributed by atoms with E-state index in [1.165, 1.54) is 125 Å². The standard InChI is InChI=1S/C45H35N3.C27H18ClN3.C24H29BO2/c1-4-14-33(15-5-1)42-46-43(34-16-6-2-7-17-34)48-44(47-42)36-19-12-18-35(30-36)31-24-26-32(27-25-31)37-21-13-22-39-38-20-8-9-23-40(38)45(41(37)39)28-10-3-11-29-45;28-24-16-14-19(15-17-24)22-12-7-13-23(18-22)27-30-25(20-8-3-1-4-9-20)29-26(31-27)21-10-5-2-6-11-21;1-22(2)23(3,4)27-25(26-22)20-14-10-12-18-17-11-6-7-13-19(17)24(21(18)20)15-8-5-9-16-24/h1-2,4-9,12-27,30H,3,10-11,28-29H2;1-18H;6-7,10-14H,5,8-9,15-16H2,1-4H3. The van der Waals surface area contributed by atoms with Gasteiger partial charge >= 0.3 is 7.12 Å². The molecule has 1 aliphatic heterocycles. The van der Waals surface area contributed by atoms with Crippen molar-refractivity contribution in [2.45, 2.75) is 114 Å². The zero-order chi connectivity index (χ0) is 71.8. The smallest absolute Gasteiger partial charge is 0.399 e. The normalized spacial score (nSPS) is 15.8. The van der Waals surface area contributed by atoms with E-state index in [4.69, 9.17) is 50.8 Å². The quantitative estimate of drug-likeness (QED) is 0.125. The van der Waals surface area contributed by atoms with Gasteiger partial charge in [0.25, 0.3) is 0 Å². The second-order valence-electron chi connectivity index (χ2n) is 29.8. The van der Waals surface area contributed by atoms with E-state index in [0.717, 1.165) is 55.1 Å². The highest BCUT2D eigenvalue weighted by Gasteiger charge is 2.55. The second-order valence-corrected chi connectivity index (χ2v) is 30.2. The van der Waals surface area contributed by atoms with Crippen LogP contribution in [0, 0.1) is 0 Å². The highest BCUT2D eigenvalue weighted by molar-refractivity contribution is 6.63. The fourth-order valence-electron chi connectivity index (χ4n) is 17.0. The van der Waals surface area contributed by atoms with Crippen molar-refractivity contribution in [1.82, 2.24) is 29.9 Å². The summed E-state index contributed by atoms with van der Waals surface area (Å²) in [5.74, 6) is 3.95. The maximum Gasteiger partial charge on any atom is 0.495 e. The lowest BCUT2D eigenvalue weighted by molar-refractivity contribution is 0.00578. The van der Waals surface area contributed by atoms with Crippen molar-refractivity contribution in [2.75, 3.05) is 0 Å². The van der Waals surface area contributed by atoms with Crippen molar-refractivity contribution in [3.63, 3.8) is 0 Å². The zero-order valence-electron chi connectivity index (χ0n) is 60.4. The van der Waals surface area contributed by atoms with Crippen LogP contribution >= 0.6 is 11.6 Å². The first-order chi connectivity index (χ1) is 51.9. The monoisotopic (exact) mass is 1400 g/mol. The molecule has 2 saturated carbocycles.